The van der Waals surface area contributed by atoms with Gasteiger partial charge in [0.25, 0.3) is 0 Å². The van der Waals surface area contributed by atoms with Crippen molar-refractivity contribution in [2.45, 2.75) is 39.8 Å². The molecule has 4 nitrogen and oxygen atoms in total. The lowest BCUT2D eigenvalue weighted by molar-refractivity contribution is 0.168. The second-order valence-corrected chi connectivity index (χ2v) is 5.60. The van der Waals surface area contributed by atoms with Crippen molar-refractivity contribution in [3.8, 4) is 0 Å². The molecular formula is C15H19F2N3O. The van der Waals surface area contributed by atoms with Crippen molar-refractivity contribution in [1.82, 2.24) is 14.8 Å². The molecule has 0 spiro atoms. The smallest absolute Gasteiger partial charge is 0.138 e. The quantitative estimate of drug-likeness (QED) is 0.923. The van der Waals surface area contributed by atoms with Crippen molar-refractivity contribution in [3.63, 3.8) is 0 Å². The fourth-order valence-corrected chi connectivity index (χ4v) is 2.16. The zero-order valence-electron chi connectivity index (χ0n) is 12.3. The first-order chi connectivity index (χ1) is 9.88. The van der Waals surface area contributed by atoms with E-state index in [4.69, 9.17) is 0 Å². The Kier molecular flexibility index (Phi) is 4.67. The van der Waals surface area contributed by atoms with Crippen molar-refractivity contribution in [2.75, 3.05) is 0 Å². The summed E-state index contributed by atoms with van der Waals surface area (Å²) < 4.78 is 28.7. The van der Waals surface area contributed by atoms with Crippen LogP contribution in [0.4, 0.5) is 8.78 Å². The average Bonchev–Trinajstić information content (AvgIpc) is 2.80. The molecule has 1 unspecified atom stereocenters. The summed E-state index contributed by atoms with van der Waals surface area (Å²) in [5.41, 5.74) is 0.377. The lowest BCUT2D eigenvalue weighted by Gasteiger charge is -2.14. The van der Waals surface area contributed by atoms with Crippen LogP contribution in [-0.4, -0.2) is 19.9 Å². The van der Waals surface area contributed by atoms with Crippen molar-refractivity contribution >= 4 is 0 Å². The van der Waals surface area contributed by atoms with E-state index in [9.17, 15) is 13.9 Å². The number of benzene rings is 1. The summed E-state index contributed by atoms with van der Waals surface area (Å²) in [7, 11) is 0. The summed E-state index contributed by atoms with van der Waals surface area (Å²) in [6, 6.07) is 2.13. The van der Waals surface area contributed by atoms with E-state index in [1.165, 1.54) is 19.3 Å². The summed E-state index contributed by atoms with van der Waals surface area (Å²) >= 11 is 0. The van der Waals surface area contributed by atoms with Crippen molar-refractivity contribution in [3.05, 3.63) is 47.0 Å². The van der Waals surface area contributed by atoms with Crippen LogP contribution in [0.2, 0.25) is 0 Å². The SMILES string of the molecule is Cc1cc(C(O)Cc2ncnn2CC(C)C)c(F)cc1F. The van der Waals surface area contributed by atoms with Crippen molar-refractivity contribution in [2.24, 2.45) is 5.92 Å². The van der Waals surface area contributed by atoms with E-state index in [0.717, 1.165) is 6.07 Å². The topological polar surface area (TPSA) is 50.9 Å². The Morgan fingerprint density at radius 3 is 2.62 bits per heavy atom. The minimum absolute atomic E-state index is 0.0768. The number of rotatable bonds is 5. The number of aliphatic hydroxyl groups excluding tert-OH is 1. The van der Waals surface area contributed by atoms with Gasteiger partial charge in [0.15, 0.2) is 0 Å². The monoisotopic (exact) mass is 295 g/mol. The predicted molar refractivity (Wildman–Crippen MR) is 74.6 cm³/mol. The van der Waals surface area contributed by atoms with E-state index in [-0.39, 0.29) is 12.0 Å². The number of aliphatic hydroxyl groups is 1. The third-order valence-electron chi connectivity index (χ3n) is 3.25. The maximum atomic E-state index is 13.8. The fraction of sp³-hybridized carbons (Fsp3) is 0.467. The molecule has 0 aliphatic rings. The zero-order chi connectivity index (χ0) is 15.6. The molecule has 0 saturated carbocycles. The molecule has 1 aromatic carbocycles. The Bertz CT molecular complexity index is 625. The second kappa shape index (κ2) is 6.30. The Hall–Kier alpha value is -1.82. The van der Waals surface area contributed by atoms with Gasteiger partial charge in [0.1, 0.15) is 23.8 Å². The summed E-state index contributed by atoms with van der Waals surface area (Å²) in [6.45, 7) is 6.30. The highest BCUT2D eigenvalue weighted by atomic mass is 19.1. The van der Waals surface area contributed by atoms with Gasteiger partial charge in [-0.15, -0.1) is 0 Å². The number of nitrogens with zero attached hydrogens (tertiary/aromatic N) is 3. The highest BCUT2D eigenvalue weighted by Gasteiger charge is 2.18. The molecule has 0 saturated heterocycles. The van der Waals surface area contributed by atoms with Gasteiger partial charge >= 0.3 is 0 Å². The Morgan fingerprint density at radius 2 is 1.95 bits per heavy atom. The van der Waals surface area contributed by atoms with Crippen LogP contribution in [0, 0.1) is 24.5 Å². The molecule has 0 radical (unpaired) electrons. The Morgan fingerprint density at radius 1 is 1.24 bits per heavy atom. The molecule has 2 aromatic rings. The molecule has 1 atom stereocenters. The number of aromatic nitrogens is 3. The molecule has 21 heavy (non-hydrogen) atoms. The maximum Gasteiger partial charge on any atom is 0.138 e. The van der Waals surface area contributed by atoms with Crippen LogP contribution in [-0.2, 0) is 13.0 Å². The van der Waals surface area contributed by atoms with Gasteiger partial charge in [0, 0.05) is 24.6 Å². The van der Waals surface area contributed by atoms with Crippen LogP contribution in [0.5, 0.6) is 0 Å². The molecular weight excluding hydrogens is 276 g/mol. The zero-order valence-corrected chi connectivity index (χ0v) is 12.3. The van der Waals surface area contributed by atoms with Gasteiger partial charge in [-0.3, -0.25) is 0 Å². The van der Waals surface area contributed by atoms with Gasteiger partial charge in [-0.1, -0.05) is 13.8 Å². The van der Waals surface area contributed by atoms with Gasteiger partial charge in [-0.2, -0.15) is 5.10 Å². The van der Waals surface area contributed by atoms with Gasteiger partial charge < -0.3 is 5.11 Å². The van der Waals surface area contributed by atoms with E-state index in [2.05, 4.69) is 10.1 Å². The highest BCUT2D eigenvalue weighted by Crippen LogP contribution is 2.23. The van der Waals surface area contributed by atoms with Crippen molar-refractivity contribution < 1.29 is 13.9 Å². The second-order valence-electron chi connectivity index (χ2n) is 5.60. The lowest BCUT2D eigenvalue weighted by Crippen LogP contribution is -2.14. The largest absolute Gasteiger partial charge is 0.388 e. The Balaban J connectivity index is 2.20. The molecule has 0 aliphatic heterocycles. The fourth-order valence-electron chi connectivity index (χ4n) is 2.16. The summed E-state index contributed by atoms with van der Waals surface area (Å²) in [4.78, 5) is 4.10. The first-order valence-electron chi connectivity index (χ1n) is 6.88. The summed E-state index contributed by atoms with van der Waals surface area (Å²) in [6.07, 6.45) is 0.463. The molecule has 1 aromatic heterocycles. The lowest BCUT2D eigenvalue weighted by atomic mass is 10.0. The molecule has 0 bridgehead atoms. The number of halogens is 2. The first-order valence-corrected chi connectivity index (χ1v) is 6.88. The summed E-state index contributed by atoms with van der Waals surface area (Å²) in [5.74, 6) is -0.406. The third-order valence-corrected chi connectivity index (χ3v) is 3.25. The van der Waals surface area contributed by atoms with E-state index in [0.29, 0.717) is 23.9 Å². The van der Waals surface area contributed by atoms with Crippen LogP contribution < -0.4 is 0 Å². The van der Waals surface area contributed by atoms with Crippen LogP contribution in [0.1, 0.15) is 36.9 Å². The van der Waals surface area contributed by atoms with Crippen molar-refractivity contribution in [1.29, 1.82) is 0 Å². The standard InChI is InChI=1S/C15H19F2N3O/c1-9(2)7-20-15(18-8-19-20)6-14(21)11-4-10(3)12(16)5-13(11)17/h4-5,8-9,14,21H,6-7H2,1-3H3. The van der Waals surface area contributed by atoms with Gasteiger partial charge in [0.2, 0.25) is 0 Å². The van der Waals surface area contributed by atoms with Crippen LogP contribution in [0.3, 0.4) is 0 Å². The molecule has 2 rings (SSSR count). The van der Waals surface area contributed by atoms with E-state index >= 15 is 0 Å². The number of aryl methyl sites for hydroxylation is 1. The highest BCUT2D eigenvalue weighted by molar-refractivity contribution is 5.27. The van der Waals surface area contributed by atoms with E-state index in [1.54, 1.807) is 4.68 Å². The summed E-state index contributed by atoms with van der Waals surface area (Å²) in [5, 5.41) is 14.3. The normalized spacial score (nSPS) is 12.9. The minimum atomic E-state index is -1.08. The molecule has 6 heteroatoms. The molecule has 1 heterocycles. The van der Waals surface area contributed by atoms with E-state index < -0.39 is 17.7 Å². The maximum absolute atomic E-state index is 13.8. The Labute approximate surface area is 122 Å². The third kappa shape index (κ3) is 3.64. The van der Waals surface area contributed by atoms with Gasteiger partial charge in [-0.05, 0) is 24.5 Å². The predicted octanol–water partition coefficient (Wildman–Crippen LogP) is 2.80. The molecule has 114 valence electrons. The average molecular weight is 295 g/mol. The molecule has 0 amide bonds. The molecule has 0 aliphatic carbocycles. The molecule has 1 N–H and O–H groups in total. The van der Waals surface area contributed by atoms with Gasteiger partial charge in [-0.25, -0.2) is 18.4 Å². The van der Waals surface area contributed by atoms with E-state index in [1.807, 2.05) is 13.8 Å². The van der Waals surface area contributed by atoms with Crippen LogP contribution in [0.25, 0.3) is 0 Å². The van der Waals surface area contributed by atoms with Gasteiger partial charge in [0.05, 0.1) is 6.10 Å². The minimum Gasteiger partial charge on any atom is -0.388 e. The first kappa shape index (κ1) is 15.6. The molecule has 0 fully saturated rings. The number of hydrogen-bond donors (Lipinski definition) is 1. The van der Waals surface area contributed by atoms with Crippen LogP contribution in [0.15, 0.2) is 18.5 Å². The van der Waals surface area contributed by atoms with Crippen LogP contribution >= 0.6 is 0 Å². The number of hydrogen-bond acceptors (Lipinski definition) is 3.